The molecule has 0 aliphatic carbocycles. The van der Waals surface area contributed by atoms with E-state index in [1.54, 1.807) is 12.1 Å². The second kappa shape index (κ2) is 4.99. The van der Waals surface area contributed by atoms with Gasteiger partial charge in [-0.2, -0.15) is 0 Å². The average molecular weight is 314 g/mol. The van der Waals surface area contributed by atoms with Gasteiger partial charge in [-0.25, -0.2) is 13.8 Å². The highest BCUT2D eigenvalue weighted by molar-refractivity contribution is 9.10. The number of rotatable bonds is 2. The number of halogens is 3. The molecule has 0 aliphatic heterocycles. The van der Waals surface area contributed by atoms with Crippen LogP contribution in [0.4, 0.5) is 14.6 Å². The minimum absolute atomic E-state index is 0.00162. The number of aromatic nitrogens is 1. The summed E-state index contributed by atoms with van der Waals surface area (Å²) in [7, 11) is 0. The number of pyridine rings is 1. The summed E-state index contributed by atoms with van der Waals surface area (Å²) in [6.45, 7) is 0. The van der Waals surface area contributed by atoms with Crippen LogP contribution in [-0.4, -0.2) is 4.98 Å². The Hall–Kier alpha value is -1.53. The van der Waals surface area contributed by atoms with Gasteiger partial charge in [-0.3, -0.25) is 0 Å². The van der Waals surface area contributed by atoms with E-state index < -0.39 is 17.7 Å². The van der Waals surface area contributed by atoms with Gasteiger partial charge >= 0.3 is 0 Å². The fourth-order valence-electron chi connectivity index (χ4n) is 1.64. The smallest absolute Gasteiger partial charge is 0.173 e. The molecule has 1 unspecified atom stereocenters. The van der Waals surface area contributed by atoms with Crippen molar-refractivity contribution in [3.63, 3.8) is 0 Å². The van der Waals surface area contributed by atoms with Crippen LogP contribution in [0.15, 0.2) is 34.9 Å². The molecule has 0 amide bonds. The van der Waals surface area contributed by atoms with Crippen molar-refractivity contribution in [3.8, 4) is 0 Å². The fraction of sp³-hybridized carbons (Fsp3) is 0.0833. The fourth-order valence-corrected chi connectivity index (χ4v) is 2.21. The summed E-state index contributed by atoms with van der Waals surface area (Å²) in [4.78, 5) is 3.91. The van der Waals surface area contributed by atoms with Gasteiger partial charge in [0.15, 0.2) is 11.6 Å². The summed E-state index contributed by atoms with van der Waals surface area (Å²) in [5, 5.41) is 0. The predicted octanol–water partition coefficient (Wildman–Crippen LogP) is 2.75. The Kier molecular flexibility index (Phi) is 3.58. The molecule has 1 atom stereocenters. The van der Waals surface area contributed by atoms with E-state index in [0.29, 0.717) is 11.1 Å². The van der Waals surface area contributed by atoms with Crippen LogP contribution >= 0.6 is 15.9 Å². The standard InChI is InChI=1S/C12H10BrF2N3/c13-9-6(3-4-8(14)10(9)15)11(16)7-2-1-5-18-12(7)17/h1-5,11H,16H2,(H2,17,18). The zero-order valence-electron chi connectivity index (χ0n) is 9.20. The SMILES string of the molecule is Nc1ncccc1C(N)c1ccc(F)c(F)c1Br. The Morgan fingerprint density at radius 1 is 1.17 bits per heavy atom. The molecule has 94 valence electrons. The molecule has 6 heteroatoms. The number of nitrogens with two attached hydrogens (primary N) is 2. The first kappa shape index (κ1) is 12.9. The van der Waals surface area contributed by atoms with E-state index in [2.05, 4.69) is 20.9 Å². The van der Waals surface area contributed by atoms with E-state index in [1.807, 2.05) is 0 Å². The summed E-state index contributed by atoms with van der Waals surface area (Å²) in [6, 6.07) is 5.14. The van der Waals surface area contributed by atoms with Crippen LogP contribution in [0, 0.1) is 11.6 Å². The van der Waals surface area contributed by atoms with Crippen LogP contribution < -0.4 is 11.5 Å². The minimum Gasteiger partial charge on any atom is -0.383 e. The lowest BCUT2D eigenvalue weighted by Crippen LogP contribution is -2.15. The van der Waals surface area contributed by atoms with Crippen molar-refractivity contribution in [2.75, 3.05) is 5.73 Å². The Morgan fingerprint density at radius 3 is 2.56 bits per heavy atom. The molecular weight excluding hydrogens is 304 g/mol. The van der Waals surface area contributed by atoms with Crippen molar-refractivity contribution in [1.29, 1.82) is 0 Å². The van der Waals surface area contributed by atoms with Crippen LogP contribution in [0.3, 0.4) is 0 Å². The number of hydrogen-bond donors (Lipinski definition) is 2. The van der Waals surface area contributed by atoms with E-state index in [0.717, 1.165) is 6.07 Å². The van der Waals surface area contributed by atoms with Gasteiger partial charge < -0.3 is 11.5 Å². The van der Waals surface area contributed by atoms with Gasteiger partial charge in [-0.15, -0.1) is 0 Å². The maximum atomic E-state index is 13.4. The lowest BCUT2D eigenvalue weighted by molar-refractivity contribution is 0.501. The molecular formula is C12H10BrF2N3. The summed E-state index contributed by atoms with van der Waals surface area (Å²) >= 11 is 3.00. The van der Waals surface area contributed by atoms with Crippen molar-refractivity contribution in [1.82, 2.24) is 4.98 Å². The van der Waals surface area contributed by atoms with E-state index in [9.17, 15) is 8.78 Å². The van der Waals surface area contributed by atoms with Crippen molar-refractivity contribution in [2.45, 2.75) is 6.04 Å². The van der Waals surface area contributed by atoms with Gasteiger partial charge in [0.05, 0.1) is 10.5 Å². The zero-order chi connectivity index (χ0) is 13.3. The Balaban J connectivity index is 2.50. The highest BCUT2D eigenvalue weighted by Gasteiger charge is 2.19. The molecule has 3 nitrogen and oxygen atoms in total. The molecule has 0 saturated heterocycles. The highest BCUT2D eigenvalue weighted by Crippen LogP contribution is 2.31. The van der Waals surface area contributed by atoms with Gasteiger partial charge in [0.1, 0.15) is 5.82 Å². The maximum absolute atomic E-state index is 13.4. The van der Waals surface area contributed by atoms with E-state index in [1.165, 1.54) is 12.3 Å². The van der Waals surface area contributed by atoms with Crippen LogP contribution in [0.1, 0.15) is 17.2 Å². The normalized spacial score (nSPS) is 12.4. The summed E-state index contributed by atoms with van der Waals surface area (Å²) in [6.07, 6.45) is 1.53. The first-order valence-corrected chi connectivity index (χ1v) is 5.91. The first-order valence-electron chi connectivity index (χ1n) is 5.11. The number of hydrogen-bond acceptors (Lipinski definition) is 3. The largest absolute Gasteiger partial charge is 0.383 e. The Bertz CT molecular complexity index is 590. The summed E-state index contributed by atoms with van der Waals surface area (Å²) in [5.41, 5.74) is 12.7. The van der Waals surface area contributed by atoms with Crippen molar-refractivity contribution in [3.05, 3.63) is 57.7 Å². The number of nitrogen functional groups attached to an aromatic ring is 1. The quantitative estimate of drug-likeness (QED) is 0.838. The molecule has 0 bridgehead atoms. The molecule has 4 N–H and O–H groups in total. The predicted molar refractivity (Wildman–Crippen MR) is 68.7 cm³/mol. The van der Waals surface area contributed by atoms with E-state index in [4.69, 9.17) is 11.5 Å². The summed E-state index contributed by atoms with van der Waals surface area (Å²) in [5.74, 6) is -1.64. The second-order valence-corrected chi connectivity index (χ2v) is 4.51. The van der Waals surface area contributed by atoms with Gasteiger partial charge in [-0.1, -0.05) is 12.1 Å². The third kappa shape index (κ3) is 2.21. The highest BCUT2D eigenvalue weighted by atomic mass is 79.9. The van der Waals surface area contributed by atoms with Crippen LogP contribution in [0.2, 0.25) is 0 Å². The van der Waals surface area contributed by atoms with Gasteiger partial charge in [-0.05, 0) is 33.6 Å². The van der Waals surface area contributed by atoms with E-state index in [-0.39, 0.29) is 10.3 Å². The third-order valence-corrected chi connectivity index (χ3v) is 3.41. The van der Waals surface area contributed by atoms with Crippen LogP contribution in [-0.2, 0) is 0 Å². The lowest BCUT2D eigenvalue weighted by Gasteiger charge is -2.16. The molecule has 1 aromatic heterocycles. The van der Waals surface area contributed by atoms with Crippen LogP contribution in [0.25, 0.3) is 0 Å². The minimum atomic E-state index is -0.967. The molecule has 2 aromatic rings. The molecule has 1 aromatic carbocycles. The number of anilines is 1. The maximum Gasteiger partial charge on any atom is 0.173 e. The first-order chi connectivity index (χ1) is 8.52. The monoisotopic (exact) mass is 313 g/mol. The van der Waals surface area contributed by atoms with Crippen molar-refractivity contribution >= 4 is 21.7 Å². The number of nitrogens with zero attached hydrogens (tertiary/aromatic N) is 1. The molecule has 0 saturated carbocycles. The van der Waals surface area contributed by atoms with Crippen molar-refractivity contribution in [2.24, 2.45) is 5.73 Å². The van der Waals surface area contributed by atoms with Gasteiger partial charge in [0.2, 0.25) is 0 Å². The summed E-state index contributed by atoms with van der Waals surface area (Å²) < 4.78 is 26.5. The van der Waals surface area contributed by atoms with Gasteiger partial charge in [0, 0.05) is 11.8 Å². The Morgan fingerprint density at radius 2 is 1.89 bits per heavy atom. The zero-order valence-corrected chi connectivity index (χ0v) is 10.8. The topological polar surface area (TPSA) is 64.9 Å². The molecule has 0 aliphatic rings. The molecule has 0 radical (unpaired) electrons. The second-order valence-electron chi connectivity index (χ2n) is 3.72. The lowest BCUT2D eigenvalue weighted by atomic mass is 10.00. The molecule has 2 rings (SSSR count). The van der Waals surface area contributed by atoms with E-state index >= 15 is 0 Å². The van der Waals surface area contributed by atoms with Gasteiger partial charge in [0.25, 0.3) is 0 Å². The Labute approximate surface area is 111 Å². The molecule has 0 fully saturated rings. The number of benzene rings is 1. The van der Waals surface area contributed by atoms with Crippen LogP contribution in [0.5, 0.6) is 0 Å². The average Bonchev–Trinajstić information content (AvgIpc) is 2.36. The third-order valence-electron chi connectivity index (χ3n) is 2.61. The van der Waals surface area contributed by atoms with Crippen molar-refractivity contribution < 1.29 is 8.78 Å². The molecule has 1 heterocycles. The molecule has 0 spiro atoms. The molecule has 18 heavy (non-hydrogen) atoms.